The van der Waals surface area contributed by atoms with E-state index in [-0.39, 0.29) is 16.9 Å². The SMILES string of the molecule is Cn1cc(F)c(-c2ccc(-c3ncc(N(C4CC4)[C@@H]4C[C@H]5CCC[C@@H](C4)N5)nn3)c(O)c2)cc1=O. The Morgan fingerprint density at radius 1 is 1.06 bits per heavy atom. The van der Waals surface area contributed by atoms with Crippen LogP contribution in [0.5, 0.6) is 5.75 Å². The van der Waals surface area contributed by atoms with E-state index in [0.29, 0.717) is 41.1 Å². The number of anilines is 1. The quantitative estimate of drug-likeness (QED) is 0.583. The number of rotatable bonds is 5. The zero-order chi connectivity index (χ0) is 24.1. The van der Waals surface area contributed by atoms with Crippen LogP contribution in [0.2, 0.25) is 0 Å². The number of pyridine rings is 1. The van der Waals surface area contributed by atoms with E-state index in [1.54, 1.807) is 18.3 Å². The lowest BCUT2D eigenvalue weighted by atomic mass is 9.83. The summed E-state index contributed by atoms with van der Waals surface area (Å²) in [5.41, 5.74) is 0.621. The second kappa shape index (κ2) is 8.71. The van der Waals surface area contributed by atoms with E-state index in [1.165, 1.54) is 55.9 Å². The van der Waals surface area contributed by atoms with Crippen LogP contribution in [0.15, 0.2) is 41.5 Å². The molecular formula is C26H29FN6O2. The minimum Gasteiger partial charge on any atom is -0.507 e. The van der Waals surface area contributed by atoms with Crippen LogP contribution in [-0.2, 0) is 7.05 Å². The van der Waals surface area contributed by atoms with E-state index in [0.717, 1.165) is 24.9 Å². The van der Waals surface area contributed by atoms with Crippen LogP contribution in [0.4, 0.5) is 10.2 Å². The van der Waals surface area contributed by atoms with Gasteiger partial charge in [0.15, 0.2) is 11.6 Å². The number of phenols is 1. The van der Waals surface area contributed by atoms with Crippen molar-refractivity contribution in [3.8, 4) is 28.3 Å². The number of phenolic OH excluding ortho intramolecular Hbond substituents is 1. The molecule has 0 radical (unpaired) electrons. The molecule has 3 fully saturated rings. The number of nitrogens with zero attached hydrogens (tertiary/aromatic N) is 5. The van der Waals surface area contributed by atoms with E-state index in [1.807, 2.05) is 0 Å². The Morgan fingerprint density at radius 3 is 2.49 bits per heavy atom. The molecule has 2 aliphatic heterocycles. The molecule has 2 aromatic heterocycles. The van der Waals surface area contributed by atoms with Gasteiger partial charge < -0.3 is 19.9 Å². The van der Waals surface area contributed by atoms with Gasteiger partial charge in [-0.05, 0) is 56.2 Å². The summed E-state index contributed by atoms with van der Waals surface area (Å²) < 4.78 is 15.6. The highest BCUT2D eigenvalue weighted by Crippen LogP contribution is 2.38. The van der Waals surface area contributed by atoms with Crippen molar-refractivity contribution in [2.24, 2.45) is 7.05 Å². The number of benzene rings is 1. The molecule has 6 rings (SSSR count). The molecule has 2 saturated heterocycles. The van der Waals surface area contributed by atoms with Gasteiger partial charge in [-0.3, -0.25) is 4.79 Å². The average molecular weight is 477 g/mol. The van der Waals surface area contributed by atoms with Gasteiger partial charge in [-0.25, -0.2) is 9.37 Å². The summed E-state index contributed by atoms with van der Waals surface area (Å²) in [6, 6.07) is 8.04. The minimum atomic E-state index is -0.538. The molecule has 9 heteroatoms. The Morgan fingerprint density at radius 2 is 1.83 bits per heavy atom. The van der Waals surface area contributed by atoms with E-state index in [4.69, 9.17) is 0 Å². The van der Waals surface area contributed by atoms with Gasteiger partial charge in [-0.15, -0.1) is 10.2 Å². The zero-order valence-corrected chi connectivity index (χ0v) is 19.7. The first-order valence-corrected chi connectivity index (χ1v) is 12.4. The summed E-state index contributed by atoms with van der Waals surface area (Å²) in [7, 11) is 1.49. The molecule has 1 aromatic carbocycles. The maximum absolute atomic E-state index is 14.4. The fraction of sp³-hybridized carbons (Fsp3) is 0.462. The van der Waals surface area contributed by atoms with Crippen LogP contribution < -0.4 is 15.8 Å². The first-order chi connectivity index (χ1) is 17.0. The first kappa shape index (κ1) is 22.2. The van der Waals surface area contributed by atoms with E-state index < -0.39 is 5.82 Å². The number of piperidine rings is 2. The summed E-state index contributed by atoms with van der Waals surface area (Å²) in [6.07, 6.45) is 11.3. The summed E-state index contributed by atoms with van der Waals surface area (Å²) in [6.45, 7) is 0. The maximum Gasteiger partial charge on any atom is 0.251 e. The number of aryl methyl sites for hydroxylation is 1. The van der Waals surface area contributed by atoms with Gasteiger partial charge in [0, 0.05) is 49.0 Å². The Labute approximate surface area is 202 Å². The molecule has 0 unspecified atom stereocenters. The van der Waals surface area contributed by atoms with Crippen molar-refractivity contribution < 1.29 is 9.50 Å². The monoisotopic (exact) mass is 476 g/mol. The summed E-state index contributed by atoms with van der Waals surface area (Å²) in [5, 5.41) is 23.3. The Balaban J connectivity index is 1.26. The van der Waals surface area contributed by atoms with Crippen molar-refractivity contribution >= 4 is 5.82 Å². The number of halogens is 1. The number of aromatic hydroxyl groups is 1. The fourth-order valence-corrected chi connectivity index (χ4v) is 5.71. The third kappa shape index (κ3) is 4.29. The largest absolute Gasteiger partial charge is 0.507 e. The highest BCUT2D eigenvalue weighted by molar-refractivity contribution is 5.73. The normalized spacial score (nSPS) is 23.8. The van der Waals surface area contributed by atoms with Crippen molar-refractivity contribution in [3.63, 3.8) is 0 Å². The minimum absolute atomic E-state index is 0.0950. The molecule has 1 aliphatic carbocycles. The van der Waals surface area contributed by atoms with Crippen molar-refractivity contribution in [1.29, 1.82) is 0 Å². The van der Waals surface area contributed by atoms with Gasteiger partial charge in [0.1, 0.15) is 11.6 Å². The van der Waals surface area contributed by atoms with Crippen molar-refractivity contribution in [3.05, 3.63) is 52.8 Å². The van der Waals surface area contributed by atoms with Gasteiger partial charge in [-0.1, -0.05) is 12.5 Å². The van der Waals surface area contributed by atoms with Crippen LogP contribution in [0.1, 0.15) is 44.9 Å². The van der Waals surface area contributed by atoms with Crippen LogP contribution in [0, 0.1) is 5.82 Å². The van der Waals surface area contributed by atoms with Gasteiger partial charge in [0.05, 0.1) is 11.8 Å². The second-order valence-electron chi connectivity index (χ2n) is 10.1. The van der Waals surface area contributed by atoms with E-state index in [9.17, 15) is 14.3 Å². The van der Waals surface area contributed by atoms with Crippen molar-refractivity contribution in [1.82, 2.24) is 25.1 Å². The highest BCUT2D eigenvalue weighted by Gasteiger charge is 2.40. The maximum atomic E-state index is 14.4. The molecular weight excluding hydrogens is 447 g/mol. The molecule has 8 nitrogen and oxygen atoms in total. The standard InChI is InChI=1S/C26H29FN6O2/c1-32-14-22(27)21(12-25(32)35)15-5-8-20(23(34)9-15)26-28-13-24(30-31-26)33(18-6-7-18)19-10-16-3-2-4-17(11-19)29-16/h5,8-9,12-14,16-19,29,34H,2-4,6-7,10-11H2,1H3/t16-,17+,19-. The molecule has 1 saturated carbocycles. The molecule has 0 spiro atoms. The van der Waals surface area contributed by atoms with Crippen LogP contribution >= 0.6 is 0 Å². The number of hydrogen-bond donors (Lipinski definition) is 2. The van der Waals surface area contributed by atoms with Crippen LogP contribution in [0.3, 0.4) is 0 Å². The molecule has 3 aromatic rings. The molecule has 4 heterocycles. The van der Waals surface area contributed by atoms with Crippen LogP contribution in [0.25, 0.3) is 22.5 Å². The lowest BCUT2D eigenvalue weighted by molar-refractivity contribution is 0.215. The zero-order valence-electron chi connectivity index (χ0n) is 19.7. The molecule has 0 amide bonds. The van der Waals surface area contributed by atoms with Gasteiger partial charge >= 0.3 is 0 Å². The molecule has 3 aliphatic rings. The highest BCUT2D eigenvalue weighted by atomic mass is 19.1. The molecule has 2 N–H and O–H groups in total. The lowest BCUT2D eigenvalue weighted by Gasteiger charge is -2.45. The topological polar surface area (TPSA) is 96.2 Å². The third-order valence-corrected chi connectivity index (χ3v) is 7.57. The number of fused-ring (bicyclic) bond motifs is 2. The van der Waals surface area contributed by atoms with E-state index >= 15 is 0 Å². The van der Waals surface area contributed by atoms with Crippen molar-refractivity contribution in [2.75, 3.05) is 4.90 Å². The summed E-state index contributed by atoms with van der Waals surface area (Å²) >= 11 is 0. The van der Waals surface area contributed by atoms with Gasteiger partial charge in [0.25, 0.3) is 5.56 Å². The predicted molar refractivity (Wildman–Crippen MR) is 131 cm³/mol. The van der Waals surface area contributed by atoms with Gasteiger partial charge in [0.2, 0.25) is 0 Å². The summed E-state index contributed by atoms with van der Waals surface area (Å²) in [4.78, 5) is 18.9. The molecule has 2 bridgehead atoms. The first-order valence-electron chi connectivity index (χ1n) is 12.4. The molecule has 35 heavy (non-hydrogen) atoms. The number of nitrogens with one attached hydrogen (secondary N) is 1. The molecule has 3 atom stereocenters. The Bertz CT molecular complexity index is 1290. The molecule has 182 valence electrons. The third-order valence-electron chi connectivity index (χ3n) is 7.57. The second-order valence-corrected chi connectivity index (χ2v) is 10.1. The lowest BCUT2D eigenvalue weighted by Crippen LogP contribution is -2.55. The average Bonchev–Trinajstić information content (AvgIpc) is 3.67. The van der Waals surface area contributed by atoms with E-state index in [2.05, 4.69) is 25.4 Å². The fourth-order valence-electron chi connectivity index (χ4n) is 5.71. The number of aromatic nitrogens is 4. The Hall–Kier alpha value is -3.33. The Kier molecular flexibility index (Phi) is 5.51. The van der Waals surface area contributed by atoms with Crippen molar-refractivity contribution in [2.45, 2.75) is 69.1 Å². The smallest absolute Gasteiger partial charge is 0.251 e. The van der Waals surface area contributed by atoms with Gasteiger partial charge in [-0.2, -0.15) is 0 Å². The summed E-state index contributed by atoms with van der Waals surface area (Å²) in [5.74, 6) is 0.464. The van der Waals surface area contributed by atoms with Crippen LogP contribution in [-0.4, -0.2) is 49.0 Å². The number of hydrogen-bond acceptors (Lipinski definition) is 7. The predicted octanol–water partition coefficient (Wildman–Crippen LogP) is 3.39.